The highest BCUT2D eigenvalue weighted by Gasteiger charge is 2.26. The largest absolute Gasteiger partial charge is 0.454 e. The van der Waals surface area contributed by atoms with Crippen molar-refractivity contribution in [2.75, 3.05) is 13.8 Å². The van der Waals surface area contributed by atoms with Crippen LogP contribution in [0.3, 0.4) is 0 Å². The molecule has 1 aliphatic carbocycles. The first kappa shape index (κ1) is 13.2. The lowest BCUT2D eigenvalue weighted by Crippen LogP contribution is -2.41. The number of nitrogens with two attached hydrogens (primary N) is 1. The summed E-state index contributed by atoms with van der Waals surface area (Å²) < 4.78 is 10.6. The third-order valence-electron chi connectivity index (χ3n) is 4.23. The Morgan fingerprint density at radius 2 is 1.90 bits per heavy atom. The molecule has 0 aromatic heterocycles. The minimum Gasteiger partial charge on any atom is -0.454 e. The second-order valence-corrected chi connectivity index (χ2v) is 5.55. The Bertz CT molecular complexity index is 510. The van der Waals surface area contributed by atoms with Crippen LogP contribution in [-0.4, -0.2) is 36.7 Å². The van der Waals surface area contributed by atoms with E-state index in [-0.39, 0.29) is 18.7 Å². The quantitative estimate of drug-likeness (QED) is 0.894. The zero-order valence-corrected chi connectivity index (χ0v) is 11.7. The van der Waals surface area contributed by atoms with E-state index in [1.165, 1.54) is 0 Å². The first-order valence-corrected chi connectivity index (χ1v) is 7.07. The summed E-state index contributed by atoms with van der Waals surface area (Å²) in [5, 5.41) is 0. The molecule has 1 amide bonds. The van der Waals surface area contributed by atoms with Crippen LogP contribution in [0.25, 0.3) is 0 Å². The molecule has 0 atom stereocenters. The van der Waals surface area contributed by atoms with Crippen molar-refractivity contribution in [2.45, 2.75) is 37.8 Å². The predicted molar refractivity (Wildman–Crippen MR) is 74.9 cm³/mol. The molecule has 0 bridgehead atoms. The summed E-state index contributed by atoms with van der Waals surface area (Å²) in [4.78, 5) is 14.4. The molecule has 108 valence electrons. The lowest BCUT2D eigenvalue weighted by atomic mass is 9.90. The number of benzene rings is 1. The van der Waals surface area contributed by atoms with Crippen molar-refractivity contribution in [3.63, 3.8) is 0 Å². The first-order chi connectivity index (χ1) is 9.65. The highest BCUT2D eigenvalue weighted by Crippen LogP contribution is 2.33. The molecule has 1 aliphatic heterocycles. The third-order valence-corrected chi connectivity index (χ3v) is 4.23. The van der Waals surface area contributed by atoms with Gasteiger partial charge in [0.25, 0.3) is 5.91 Å². The van der Waals surface area contributed by atoms with E-state index >= 15 is 0 Å². The molecule has 5 heteroatoms. The van der Waals surface area contributed by atoms with Gasteiger partial charge in [0.1, 0.15) is 0 Å². The fourth-order valence-electron chi connectivity index (χ4n) is 2.89. The molecule has 1 aromatic rings. The monoisotopic (exact) mass is 276 g/mol. The maximum atomic E-state index is 12.5. The third kappa shape index (κ3) is 2.45. The molecule has 1 aromatic carbocycles. The molecule has 1 heterocycles. The fourth-order valence-corrected chi connectivity index (χ4v) is 2.89. The van der Waals surface area contributed by atoms with Gasteiger partial charge in [-0.2, -0.15) is 0 Å². The van der Waals surface area contributed by atoms with Crippen molar-refractivity contribution in [3.8, 4) is 11.5 Å². The topological polar surface area (TPSA) is 64.8 Å². The summed E-state index contributed by atoms with van der Waals surface area (Å²) in [6.45, 7) is 0.226. The van der Waals surface area contributed by atoms with Crippen molar-refractivity contribution in [1.29, 1.82) is 0 Å². The number of ether oxygens (including phenoxy) is 2. The van der Waals surface area contributed by atoms with Crippen LogP contribution in [0.4, 0.5) is 0 Å². The van der Waals surface area contributed by atoms with Crippen molar-refractivity contribution >= 4 is 5.91 Å². The van der Waals surface area contributed by atoms with Crippen LogP contribution in [0.5, 0.6) is 11.5 Å². The average Bonchev–Trinajstić information content (AvgIpc) is 2.94. The molecule has 5 nitrogen and oxygen atoms in total. The minimum absolute atomic E-state index is 0.0313. The highest BCUT2D eigenvalue weighted by molar-refractivity contribution is 5.95. The van der Waals surface area contributed by atoms with Gasteiger partial charge in [-0.3, -0.25) is 4.79 Å². The molecule has 20 heavy (non-hydrogen) atoms. The van der Waals surface area contributed by atoms with Crippen LogP contribution in [0, 0.1) is 0 Å². The van der Waals surface area contributed by atoms with Crippen LogP contribution in [0.2, 0.25) is 0 Å². The van der Waals surface area contributed by atoms with E-state index in [9.17, 15) is 4.79 Å². The second-order valence-electron chi connectivity index (χ2n) is 5.55. The highest BCUT2D eigenvalue weighted by atomic mass is 16.7. The minimum atomic E-state index is 0.0313. The van der Waals surface area contributed by atoms with Crippen LogP contribution < -0.4 is 15.2 Å². The molecule has 0 unspecified atom stereocenters. The van der Waals surface area contributed by atoms with Gasteiger partial charge in [0.05, 0.1) is 0 Å². The van der Waals surface area contributed by atoms with Gasteiger partial charge >= 0.3 is 0 Å². The zero-order chi connectivity index (χ0) is 14.1. The van der Waals surface area contributed by atoms with Crippen LogP contribution in [0.15, 0.2) is 18.2 Å². The molecule has 2 N–H and O–H groups in total. The molecule has 0 saturated heterocycles. The number of amides is 1. The number of hydrogen-bond acceptors (Lipinski definition) is 4. The van der Waals surface area contributed by atoms with E-state index in [0.29, 0.717) is 23.1 Å². The number of carbonyl (C=O) groups excluding carboxylic acids is 1. The molecule has 0 radical (unpaired) electrons. The molecule has 2 aliphatic rings. The second kappa shape index (κ2) is 5.32. The summed E-state index contributed by atoms with van der Waals surface area (Å²) in [7, 11) is 1.87. The van der Waals surface area contributed by atoms with E-state index in [0.717, 1.165) is 25.7 Å². The molecule has 0 spiro atoms. The van der Waals surface area contributed by atoms with E-state index in [4.69, 9.17) is 15.2 Å². The lowest BCUT2D eigenvalue weighted by molar-refractivity contribution is 0.0689. The lowest BCUT2D eigenvalue weighted by Gasteiger charge is -2.33. The van der Waals surface area contributed by atoms with E-state index < -0.39 is 0 Å². The van der Waals surface area contributed by atoms with Crippen molar-refractivity contribution in [1.82, 2.24) is 4.90 Å². The SMILES string of the molecule is CN(C(=O)c1ccc2c(c1)OCO2)C1CCC(N)CC1. The Kier molecular flexibility index (Phi) is 3.53. The molecule has 1 fully saturated rings. The number of carbonyl (C=O) groups is 1. The Labute approximate surface area is 118 Å². The Hall–Kier alpha value is -1.75. The maximum Gasteiger partial charge on any atom is 0.253 e. The summed E-state index contributed by atoms with van der Waals surface area (Å²) in [5.41, 5.74) is 6.56. The number of hydrogen-bond donors (Lipinski definition) is 1. The van der Waals surface area contributed by atoms with Gasteiger partial charge in [-0.15, -0.1) is 0 Å². The number of rotatable bonds is 2. The predicted octanol–water partition coefficient (Wildman–Crippen LogP) is 1.76. The average molecular weight is 276 g/mol. The maximum absolute atomic E-state index is 12.5. The van der Waals surface area contributed by atoms with Gasteiger partial charge in [0.15, 0.2) is 11.5 Å². The van der Waals surface area contributed by atoms with Gasteiger partial charge in [0, 0.05) is 24.7 Å². The molecular formula is C15H20N2O3. The molecule has 1 saturated carbocycles. The molecular weight excluding hydrogens is 256 g/mol. The van der Waals surface area contributed by atoms with Crippen molar-refractivity contribution in [2.24, 2.45) is 5.73 Å². The summed E-state index contributed by atoms with van der Waals surface area (Å²) >= 11 is 0. The normalized spacial score (nSPS) is 24.5. The Morgan fingerprint density at radius 1 is 1.20 bits per heavy atom. The molecule has 3 rings (SSSR count). The van der Waals surface area contributed by atoms with Crippen molar-refractivity contribution < 1.29 is 14.3 Å². The van der Waals surface area contributed by atoms with E-state index in [1.807, 2.05) is 11.9 Å². The van der Waals surface area contributed by atoms with Crippen LogP contribution in [-0.2, 0) is 0 Å². The number of nitrogens with zero attached hydrogens (tertiary/aromatic N) is 1. The van der Waals surface area contributed by atoms with Gasteiger partial charge in [-0.25, -0.2) is 0 Å². The smallest absolute Gasteiger partial charge is 0.253 e. The van der Waals surface area contributed by atoms with Gasteiger partial charge in [-0.05, 0) is 43.9 Å². The first-order valence-electron chi connectivity index (χ1n) is 7.07. The van der Waals surface area contributed by atoms with E-state index in [2.05, 4.69) is 0 Å². The summed E-state index contributed by atoms with van der Waals surface area (Å²) in [6.07, 6.45) is 3.94. The standard InChI is InChI=1S/C15H20N2O3/c1-17(12-5-3-11(16)4-6-12)15(18)10-2-7-13-14(8-10)20-9-19-13/h2,7-8,11-12H,3-6,9,16H2,1H3. The number of fused-ring (bicyclic) bond motifs is 1. The summed E-state index contributed by atoms with van der Waals surface area (Å²) in [5.74, 6) is 1.38. The van der Waals surface area contributed by atoms with Gasteiger partial charge < -0.3 is 20.1 Å². The van der Waals surface area contributed by atoms with Gasteiger partial charge in [0.2, 0.25) is 6.79 Å². The fraction of sp³-hybridized carbons (Fsp3) is 0.533. The van der Waals surface area contributed by atoms with Crippen LogP contribution in [0.1, 0.15) is 36.0 Å². The zero-order valence-electron chi connectivity index (χ0n) is 11.7. The van der Waals surface area contributed by atoms with Gasteiger partial charge in [-0.1, -0.05) is 0 Å². The summed E-state index contributed by atoms with van der Waals surface area (Å²) in [6, 6.07) is 5.92. The Balaban J connectivity index is 1.72. The van der Waals surface area contributed by atoms with Crippen molar-refractivity contribution in [3.05, 3.63) is 23.8 Å². The van der Waals surface area contributed by atoms with E-state index in [1.54, 1.807) is 18.2 Å². The van der Waals surface area contributed by atoms with Crippen LogP contribution >= 0.6 is 0 Å². The Morgan fingerprint density at radius 3 is 2.65 bits per heavy atom.